The number of imide groups is 1. The quantitative estimate of drug-likeness (QED) is 0.750. The van der Waals surface area contributed by atoms with Crippen molar-refractivity contribution in [3.63, 3.8) is 0 Å². The Labute approximate surface area is 162 Å². The first-order valence-corrected chi connectivity index (χ1v) is 8.88. The summed E-state index contributed by atoms with van der Waals surface area (Å²) in [5.41, 5.74) is 1.57. The third-order valence-corrected chi connectivity index (χ3v) is 4.41. The molecule has 144 valence electrons. The van der Waals surface area contributed by atoms with E-state index in [1.807, 2.05) is 13.8 Å². The Morgan fingerprint density at radius 3 is 2.39 bits per heavy atom. The molecule has 0 saturated heterocycles. The smallest absolute Gasteiger partial charge is 0.335 e. The first kappa shape index (κ1) is 19.3. The first-order valence-electron chi connectivity index (χ1n) is 8.88. The van der Waals surface area contributed by atoms with Gasteiger partial charge >= 0.3 is 5.97 Å². The van der Waals surface area contributed by atoms with Gasteiger partial charge in [0.15, 0.2) is 0 Å². The fourth-order valence-electron chi connectivity index (χ4n) is 3.06. The molecule has 0 unspecified atom stereocenters. The van der Waals surface area contributed by atoms with Gasteiger partial charge in [-0.2, -0.15) is 0 Å². The van der Waals surface area contributed by atoms with Crippen molar-refractivity contribution in [3.8, 4) is 0 Å². The number of hydrogen-bond acceptors (Lipinski definition) is 4. The SMILES string of the molecule is CC(C)CN1C(=O)c2ccc(C(=O)NCc3cccc(C(=O)O)c3)cc2C1=O. The number of carbonyl (C=O) groups excluding carboxylic acids is 3. The summed E-state index contributed by atoms with van der Waals surface area (Å²) in [4.78, 5) is 49.6. The Kier molecular flexibility index (Phi) is 5.26. The molecular weight excluding hydrogens is 360 g/mol. The van der Waals surface area contributed by atoms with Gasteiger partial charge in [0, 0.05) is 18.7 Å². The lowest BCUT2D eigenvalue weighted by atomic mass is 10.1. The van der Waals surface area contributed by atoms with Crippen LogP contribution in [0.2, 0.25) is 0 Å². The summed E-state index contributed by atoms with van der Waals surface area (Å²) >= 11 is 0. The fraction of sp³-hybridized carbons (Fsp3) is 0.238. The topological polar surface area (TPSA) is 104 Å². The number of carboxylic acids is 1. The molecule has 0 bridgehead atoms. The Hall–Kier alpha value is -3.48. The highest BCUT2D eigenvalue weighted by Gasteiger charge is 2.36. The van der Waals surface area contributed by atoms with Gasteiger partial charge in [-0.3, -0.25) is 19.3 Å². The van der Waals surface area contributed by atoms with Gasteiger partial charge < -0.3 is 10.4 Å². The normalized spacial score (nSPS) is 13.0. The Morgan fingerprint density at radius 1 is 1.00 bits per heavy atom. The largest absolute Gasteiger partial charge is 0.478 e. The average molecular weight is 380 g/mol. The molecule has 1 heterocycles. The first-order chi connectivity index (χ1) is 13.3. The molecule has 0 aromatic heterocycles. The van der Waals surface area contributed by atoms with Gasteiger partial charge in [-0.1, -0.05) is 26.0 Å². The van der Waals surface area contributed by atoms with E-state index in [2.05, 4.69) is 5.32 Å². The van der Waals surface area contributed by atoms with E-state index in [9.17, 15) is 19.2 Å². The van der Waals surface area contributed by atoms with Crippen molar-refractivity contribution in [2.75, 3.05) is 6.54 Å². The summed E-state index contributed by atoms with van der Waals surface area (Å²) in [5.74, 6) is -2.04. The van der Waals surface area contributed by atoms with E-state index in [0.29, 0.717) is 17.7 Å². The number of benzene rings is 2. The van der Waals surface area contributed by atoms with E-state index >= 15 is 0 Å². The highest BCUT2D eigenvalue weighted by atomic mass is 16.4. The van der Waals surface area contributed by atoms with E-state index < -0.39 is 17.8 Å². The third kappa shape index (κ3) is 3.78. The second-order valence-electron chi connectivity index (χ2n) is 7.06. The second-order valence-corrected chi connectivity index (χ2v) is 7.06. The van der Waals surface area contributed by atoms with Crippen LogP contribution in [0.25, 0.3) is 0 Å². The van der Waals surface area contributed by atoms with Crippen LogP contribution in [0.4, 0.5) is 0 Å². The molecule has 28 heavy (non-hydrogen) atoms. The zero-order valence-electron chi connectivity index (χ0n) is 15.6. The van der Waals surface area contributed by atoms with Crippen molar-refractivity contribution in [1.29, 1.82) is 0 Å². The van der Waals surface area contributed by atoms with Crippen LogP contribution >= 0.6 is 0 Å². The van der Waals surface area contributed by atoms with E-state index in [-0.39, 0.29) is 35.1 Å². The molecule has 2 aromatic carbocycles. The minimum atomic E-state index is -1.04. The van der Waals surface area contributed by atoms with Gasteiger partial charge in [0.2, 0.25) is 0 Å². The molecule has 3 rings (SSSR count). The van der Waals surface area contributed by atoms with Crippen molar-refractivity contribution in [2.45, 2.75) is 20.4 Å². The average Bonchev–Trinajstić information content (AvgIpc) is 2.90. The van der Waals surface area contributed by atoms with Crippen LogP contribution in [0.3, 0.4) is 0 Å². The standard InChI is InChI=1S/C21H20N2O5/c1-12(2)11-23-19(25)16-7-6-14(9-17(16)20(23)26)18(24)22-10-13-4-3-5-15(8-13)21(27)28/h3-9,12H,10-11H2,1-2H3,(H,22,24)(H,27,28). The summed E-state index contributed by atoms with van der Waals surface area (Å²) in [6.07, 6.45) is 0. The molecular formula is C21H20N2O5. The molecule has 1 aliphatic rings. The highest BCUT2D eigenvalue weighted by Crippen LogP contribution is 2.25. The minimum Gasteiger partial charge on any atom is -0.478 e. The summed E-state index contributed by atoms with van der Waals surface area (Å²) in [7, 11) is 0. The van der Waals surface area contributed by atoms with E-state index in [0.717, 1.165) is 0 Å². The lowest BCUT2D eigenvalue weighted by molar-refractivity contribution is 0.0633. The maximum Gasteiger partial charge on any atom is 0.335 e. The molecule has 0 radical (unpaired) electrons. The van der Waals surface area contributed by atoms with Crippen LogP contribution in [0, 0.1) is 5.92 Å². The van der Waals surface area contributed by atoms with Gasteiger partial charge in [0.05, 0.1) is 16.7 Å². The predicted molar refractivity (Wildman–Crippen MR) is 101 cm³/mol. The number of amides is 3. The molecule has 1 aliphatic heterocycles. The van der Waals surface area contributed by atoms with Crippen LogP contribution in [0.5, 0.6) is 0 Å². The Morgan fingerprint density at radius 2 is 1.71 bits per heavy atom. The lowest BCUT2D eigenvalue weighted by Crippen LogP contribution is -2.33. The monoisotopic (exact) mass is 380 g/mol. The van der Waals surface area contributed by atoms with E-state index in [1.54, 1.807) is 12.1 Å². The number of carboxylic acid groups (broad SMARTS) is 1. The number of rotatable bonds is 6. The van der Waals surface area contributed by atoms with Gasteiger partial charge in [0.1, 0.15) is 0 Å². The number of hydrogen-bond donors (Lipinski definition) is 2. The van der Waals surface area contributed by atoms with Crippen molar-refractivity contribution in [1.82, 2.24) is 10.2 Å². The molecule has 0 aliphatic carbocycles. The summed E-state index contributed by atoms with van der Waals surface area (Å²) < 4.78 is 0. The number of carbonyl (C=O) groups is 4. The number of aromatic carboxylic acids is 1. The van der Waals surface area contributed by atoms with E-state index in [1.165, 1.54) is 35.2 Å². The Balaban J connectivity index is 1.74. The van der Waals surface area contributed by atoms with Crippen LogP contribution < -0.4 is 5.32 Å². The molecule has 0 saturated carbocycles. The van der Waals surface area contributed by atoms with Gasteiger partial charge in [-0.25, -0.2) is 4.79 Å². The second kappa shape index (κ2) is 7.64. The lowest BCUT2D eigenvalue weighted by Gasteiger charge is -2.15. The molecule has 7 nitrogen and oxygen atoms in total. The number of nitrogens with zero attached hydrogens (tertiary/aromatic N) is 1. The molecule has 3 amide bonds. The van der Waals surface area contributed by atoms with Gasteiger partial charge in [0.25, 0.3) is 17.7 Å². The van der Waals surface area contributed by atoms with Crippen LogP contribution in [-0.2, 0) is 6.54 Å². The van der Waals surface area contributed by atoms with Crippen LogP contribution in [-0.4, -0.2) is 40.2 Å². The van der Waals surface area contributed by atoms with Crippen molar-refractivity contribution >= 4 is 23.7 Å². The summed E-state index contributed by atoms with van der Waals surface area (Å²) in [6.45, 7) is 4.31. The maximum atomic E-state index is 12.5. The van der Waals surface area contributed by atoms with E-state index in [4.69, 9.17) is 5.11 Å². The molecule has 7 heteroatoms. The zero-order chi connectivity index (χ0) is 20.4. The van der Waals surface area contributed by atoms with Crippen molar-refractivity contribution in [2.24, 2.45) is 5.92 Å². The minimum absolute atomic E-state index is 0.138. The van der Waals surface area contributed by atoms with Crippen LogP contribution in [0.1, 0.15) is 60.8 Å². The van der Waals surface area contributed by atoms with Gasteiger partial charge in [-0.05, 0) is 41.8 Å². The molecule has 2 N–H and O–H groups in total. The summed E-state index contributed by atoms with van der Waals surface area (Å²) in [6, 6.07) is 10.7. The third-order valence-electron chi connectivity index (χ3n) is 4.41. The zero-order valence-corrected chi connectivity index (χ0v) is 15.6. The van der Waals surface area contributed by atoms with Gasteiger partial charge in [-0.15, -0.1) is 0 Å². The maximum absolute atomic E-state index is 12.5. The number of nitrogens with one attached hydrogen (secondary N) is 1. The van der Waals surface area contributed by atoms with Crippen molar-refractivity contribution < 1.29 is 24.3 Å². The molecule has 2 aromatic rings. The molecule has 0 atom stereocenters. The highest BCUT2D eigenvalue weighted by molar-refractivity contribution is 6.22. The summed E-state index contributed by atoms with van der Waals surface area (Å²) in [5, 5.41) is 11.7. The fourth-order valence-corrected chi connectivity index (χ4v) is 3.06. The van der Waals surface area contributed by atoms with Crippen molar-refractivity contribution in [3.05, 3.63) is 70.3 Å². The number of fused-ring (bicyclic) bond motifs is 1. The predicted octanol–water partition coefficient (Wildman–Crippen LogP) is 2.57. The molecule has 0 spiro atoms. The molecule has 0 fully saturated rings. The van der Waals surface area contributed by atoms with Crippen LogP contribution in [0.15, 0.2) is 42.5 Å². The Bertz CT molecular complexity index is 981.